The van der Waals surface area contributed by atoms with Gasteiger partial charge in [0.05, 0.1) is 18.4 Å². The van der Waals surface area contributed by atoms with Crippen LogP contribution in [0.5, 0.6) is 5.75 Å². The van der Waals surface area contributed by atoms with Crippen LogP contribution in [0, 0.1) is 0 Å². The van der Waals surface area contributed by atoms with Gasteiger partial charge in [-0.1, -0.05) is 12.1 Å². The molecule has 1 N–H and O–H groups in total. The van der Waals surface area contributed by atoms with Gasteiger partial charge in [0.1, 0.15) is 11.6 Å². The fraction of sp³-hybridized carbons (Fsp3) is 0.316. The van der Waals surface area contributed by atoms with Crippen LogP contribution in [0.25, 0.3) is 0 Å². The lowest BCUT2D eigenvalue weighted by atomic mass is 10.2. The Bertz CT molecular complexity index is 784. The minimum Gasteiger partial charge on any atom is -0.495 e. The Morgan fingerprint density at radius 2 is 1.81 bits per heavy atom. The van der Waals surface area contributed by atoms with Crippen molar-refractivity contribution in [2.75, 3.05) is 43.5 Å². The number of methoxy groups -OCH3 is 1. The molecule has 2 amide bonds. The molecule has 2 heterocycles. The van der Waals surface area contributed by atoms with E-state index in [-0.39, 0.29) is 11.8 Å². The monoisotopic (exact) mass is 354 g/mol. The molecular weight excluding hydrogens is 332 g/mol. The predicted octanol–water partition coefficient (Wildman–Crippen LogP) is 2.01. The molecule has 1 aromatic heterocycles. The third-order valence-corrected chi connectivity index (χ3v) is 4.41. The van der Waals surface area contributed by atoms with Crippen LogP contribution in [0.2, 0.25) is 0 Å². The van der Waals surface area contributed by atoms with Gasteiger partial charge < -0.3 is 19.9 Å². The van der Waals surface area contributed by atoms with Gasteiger partial charge in [0, 0.05) is 39.3 Å². The number of hydrogen-bond acceptors (Lipinski definition) is 5. The lowest BCUT2D eigenvalue weighted by Gasteiger charge is -2.34. The largest absolute Gasteiger partial charge is 0.495 e. The molecule has 1 saturated heterocycles. The van der Waals surface area contributed by atoms with Gasteiger partial charge in [-0.05, 0) is 24.3 Å². The molecule has 3 rings (SSSR count). The van der Waals surface area contributed by atoms with E-state index in [4.69, 9.17) is 4.74 Å². The van der Waals surface area contributed by atoms with Gasteiger partial charge >= 0.3 is 0 Å². The SMILES string of the molecule is COc1ccccc1NC(=O)c1ccc(N2CCN(C(C)=O)CC2)nc1. The average molecular weight is 354 g/mol. The lowest BCUT2D eigenvalue weighted by Crippen LogP contribution is -2.48. The first-order chi connectivity index (χ1) is 12.6. The molecule has 0 radical (unpaired) electrons. The van der Waals surface area contributed by atoms with E-state index in [0.717, 1.165) is 18.9 Å². The Kier molecular flexibility index (Phi) is 5.36. The molecule has 0 spiro atoms. The fourth-order valence-electron chi connectivity index (χ4n) is 2.90. The molecule has 1 aliphatic rings. The Hall–Kier alpha value is -3.09. The molecule has 7 nitrogen and oxygen atoms in total. The first-order valence-electron chi connectivity index (χ1n) is 8.49. The number of piperazine rings is 1. The molecular formula is C19H22N4O3. The van der Waals surface area contributed by atoms with E-state index in [1.54, 1.807) is 38.4 Å². The number of rotatable bonds is 4. The zero-order chi connectivity index (χ0) is 18.5. The van der Waals surface area contributed by atoms with Crippen molar-refractivity contribution in [2.24, 2.45) is 0 Å². The maximum Gasteiger partial charge on any atom is 0.257 e. The summed E-state index contributed by atoms with van der Waals surface area (Å²) in [5, 5.41) is 2.83. The summed E-state index contributed by atoms with van der Waals surface area (Å²) in [6.07, 6.45) is 1.57. The van der Waals surface area contributed by atoms with Crippen molar-refractivity contribution in [3.63, 3.8) is 0 Å². The number of amides is 2. The molecule has 0 bridgehead atoms. The van der Waals surface area contributed by atoms with E-state index < -0.39 is 0 Å². The standard InChI is InChI=1S/C19H22N4O3/c1-14(24)22-9-11-23(12-10-22)18-8-7-15(13-20-18)19(25)21-16-5-3-4-6-17(16)26-2/h3-8,13H,9-12H2,1-2H3,(H,21,25). The van der Waals surface area contributed by atoms with Crippen molar-refractivity contribution < 1.29 is 14.3 Å². The second-order valence-corrected chi connectivity index (χ2v) is 6.05. The lowest BCUT2D eigenvalue weighted by molar-refractivity contribution is -0.129. The van der Waals surface area contributed by atoms with Crippen molar-refractivity contribution in [3.05, 3.63) is 48.2 Å². The predicted molar refractivity (Wildman–Crippen MR) is 99.7 cm³/mol. The normalized spacial score (nSPS) is 14.1. The number of anilines is 2. The number of carbonyl (C=O) groups excluding carboxylic acids is 2. The number of benzene rings is 1. The first-order valence-corrected chi connectivity index (χ1v) is 8.49. The zero-order valence-electron chi connectivity index (χ0n) is 14.9. The summed E-state index contributed by atoms with van der Waals surface area (Å²) < 4.78 is 5.24. The Morgan fingerprint density at radius 1 is 1.08 bits per heavy atom. The summed E-state index contributed by atoms with van der Waals surface area (Å²) in [7, 11) is 1.56. The zero-order valence-corrected chi connectivity index (χ0v) is 14.9. The van der Waals surface area contributed by atoms with Crippen LogP contribution in [0.4, 0.5) is 11.5 Å². The maximum atomic E-state index is 12.4. The molecule has 1 aromatic carbocycles. The van der Waals surface area contributed by atoms with Crippen molar-refractivity contribution in [2.45, 2.75) is 6.92 Å². The molecule has 0 saturated carbocycles. The second kappa shape index (κ2) is 7.86. The molecule has 2 aromatic rings. The number of carbonyl (C=O) groups is 2. The van der Waals surface area contributed by atoms with Gasteiger partial charge in [0.15, 0.2) is 0 Å². The van der Waals surface area contributed by atoms with Gasteiger partial charge in [-0.3, -0.25) is 9.59 Å². The van der Waals surface area contributed by atoms with Gasteiger partial charge in [0.2, 0.25) is 5.91 Å². The minimum absolute atomic E-state index is 0.0981. The summed E-state index contributed by atoms with van der Waals surface area (Å²) >= 11 is 0. The van der Waals surface area contributed by atoms with E-state index in [1.165, 1.54) is 0 Å². The number of para-hydroxylation sites is 2. The highest BCUT2D eigenvalue weighted by Crippen LogP contribution is 2.24. The summed E-state index contributed by atoms with van der Waals surface area (Å²) in [6, 6.07) is 10.8. The van der Waals surface area contributed by atoms with Crippen molar-refractivity contribution >= 4 is 23.3 Å². The third kappa shape index (κ3) is 3.93. The van der Waals surface area contributed by atoms with Crippen LogP contribution >= 0.6 is 0 Å². The van der Waals surface area contributed by atoms with Gasteiger partial charge in [-0.15, -0.1) is 0 Å². The van der Waals surface area contributed by atoms with Gasteiger partial charge in [0.25, 0.3) is 5.91 Å². The Morgan fingerprint density at radius 3 is 2.42 bits per heavy atom. The molecule has 136 valence electrons. The van der Waals surface area contributed by atoms with E-state index >= 15 is 0 Å². The Balaban J connectivity index is 1.64. The van der Waals surface area contributed by atoms with E-state index in [1.807, 2.05) is 23.1 Å². The van der Waals surface area contributed by atoms with Crippen molar-refractivity contribution in [3.8, 4) is 5.75 Å². The average Bonchev–Trinajstić information content (AvgIpc) is 2.68. The van der Waals surface area contributed by atoms with Crippen molar-refractivity contribution in [1.29, 1.82) is 0 Å². The maximum absolute atomic E-state index is 12.4. The topological polar surface area (TPSA) is 74.8 Å². The van der Waals surface area contributed by atoms with Gasteiger partial charge in [-0.2, -0.15) is 0 Å². The highest BCUT2D eigenvalue weighted by molar-refractivity contribution is 6.04. The Labute approximate surface area is 152 Å². The van der Waals surface area contributed by atoms with Crippen LogP contribution in [0.15, 0.2) is 42.6 Å². The highest BCUT2D eigenvalue weighted by Gasteiger charge is 2.19. The fourth-order valence-corrected chi connectivity index (χ4v) is 2.90. The van der Waals surface area contributed by atoms with Crippen LogP contribution in [0.1, 0.15) is 17.3 Å². The molecule has 1 aliphatic heterocycles. The molecule has 0 unspecified atom stereocenters. The summed E-state index contributed by atoms with van der Waals surface area (Å²) in [5.74, 6) is 1.27. The smallest absolute Gasteiger partial charge is 0.257 e. The molecule has 0 aliphatic carbocycles. The van der Waals surface area contributed by atoms with Gasteiger partial charge in [-0.25, -0.2) is 4.98 Å². The number of hydrogen-bond donors (Lipinski definition) is 1. The third-order valence-electron chi connectivity index (χ3n) is 4.41. The highest BCUT2D eigenvalue weighted by atomic mass is 16.5. The number of nitrogens with zero attached hydrogens (tertiary/aromatic N) is 3. The summed E-state index contributed by atoms with van der Waals surface area (Å²) in [4.78, 5) is 32.2. The molecule has 26 heavy (non-hydrogen) atoms. The van der Waals surface area contributed by atoms with Crippen LogP contribution < -0.4 is 15.0 Å². The van der Waals surface area contributed by atoms with Crippen molar-refractivity contribution in [1.82, 2.24) is 9.88 Å². The quantitative estimate of drug-likeness (QED) is 0.909. The number of pyridine rings is 1. The number of aromatic nitrogens is 1. The van der Waals surface area contributed by atoms with Crippen LogP contribution in [-0.2, 0) is 4.79 Å². The first kappa shape index (κ1) is 17.7. The molecule has 0 atom stereocenters. The van der Waals surface area contributed by atoms with E-state index in [2.05, 4.69) is 15.2 Å². The number of ether oxygens (including phenoxy) is 1. The van der Waals surface area contributed by atoms with E-state index in [0.29, 0.717) is 30.1 Å². The second-order valence-electron chi connectivity index (χ2n) is 6.05. The summed E-state index contributed by atoms with van der Waals surface area (Å²) in [6.45, 7) is 4.43. The minimum atomic E-state index is -0.241. The van der Waals surface area contributed by atoms with Crippen LogP contribution in [-0.4, -0.2) is 55.0 Å². The molecule has 7 heteroatoms. The summed E-state index contributed by atoms with van der Waals surface area (Å²) in [5.41, 5.74) is 1.09. The number of nitrogens with one attached hydrogen (secondary N) is 1. The molecule has 1 fully saturated rings. The van der Waals surface area contributed by atoms with Crippen LogP contribution in [0.3, 0.4) is 0 Å². The van der Waals surface area contributed by atoms with E-state index in [9.17, 15) is 9.59 Å².